The van der Waals surface area contributed by atoms with Crippen molar-refractivity contribution in [1.82, 2.24) is 4.90 Å². The van der Waals surface area contributed by atoms with Gasteiger partial charge in [-0.1, -0.05) is 13.3 Å². The molecule has 0 N–H and O–H groups in total. The van der Waals surface area contributed by atoms with Crippen LogP contribution in [0.15, 0.2) is 0 Å². The highest BCUT2D eigenvalue weighted by atomic mass is 15.2. The first-order valence-corrected chi connectivity index (χ1v) is 5.93. The monoisotopic (exact) mass is 192 g/mol. The Hall–Kier alpha value is -0.550. The molecular formula is C12H20N2. The summed E-state index contributed by atoms with van der Waals surface area (Å²) in [5.74, 6) is 0. The van der Waals surface area contributed by atoms with Crippen molar-refractivity contribution in [2.45, 2.75) is 51.5 Å². The average molecular weight is 192 g/mol. The van der Waals surface area contributed by atoms with Crippen LogP contribution in [0.25, 0.3) is 0 Å². The first kappa shape index (κ1) is 9.98. The maximum absolute atomic E-state index is 8.99. The molecule has 0 aromatic carbocycles. The second-order valence-corrected chi connectivity index (χ2v) is 4.94. The molecule has 2 aliphatic rings. The van der Waals surface area contributed by atoms with Crippen LogP contribution < -0.4 is 0 Å². The normalized spacial score (nSPS) is 28.0. The minimum atomic E-state index is 0.174. The van der Waals surface area contributed by atoms with Crippen LogP contribution in [0.2, 0.25) is 0 Å². The van der Waals surface area contributed by atoms with Gasteiger partial charge in [-0.2, -0.15) is 5.26 Å². The van der Waals surface area contributed by atoms with Crippen LogP contribution in [0.1, 0.15) is 45.4 Å². The van der Waals surface area contributed by atoms with Gasteiger partial charge in [0.1, 0.15) is 0 Å². The van der Waals surface area contributed by atoms with E-state index in [1.807, 2.05) is 0 Å². The van der Waals surface area contributed by atoms with Crippen molar-refractivity contribution < 1.29 is 0 Å². The van der Waals surface area contributed by atoms with Crippen LogP contribution in [0.3, 0.4) is 0 Å². The molecule has 14 heavy (non-hydrogen) atoms. The summed E-state index contributed by atoms with van der Waals surface area (Å²) >= 11 is 0. The number of rotatable bonds is 2. The van der Waals surface area contributed by atoms with Gasteiger partial charge < -0.3 is 0 Å². The third-order valence-electron chi connectivity index (χ3n) is 4.25. The first-order chi connectivity index (χ1) is 6.79. The lowest BCUT2D eigenvalue weighted by atomic mass is 9.63. The lowest BCUT2D eigenvalue weighted by molar-refractivity contribution is 0.0241. The van der Waals surface area contributed by atoms with E-state index in [2.05, 4.69) is 17.9 Å². The van der Waals surface area contributed by atoms with Crippen LogP contribution in [0.4, 0.5) is 0 Å². The fourth-order valence-corrected chi connectivity index (χ4v) is 2.92. The summed E-state index contributed by atoms with van der Waals surface area (Å²) in [6, 6.07) is 2.58. The summed E-state index contributed by atoms with van der Waals surface area (Å²) in [5.41, 5.74) is 0.713. The van der Waals surface area contributed by atoms with Gasteiger partial charge in [0.2, 0.25) is 0 Å². The molecule has 0 aromatic heterocycles. The molecule has 2 nitrogen and oxygen atoms in total. The topological polar surface area (TPSA) is 27.0 Å². The number of piperidine rings is 1. The quantitative estimate of drug-likeness (QED) is 0.672. The number of nitrogens with zero attached hydrogens (tertiary/aromatic N) is 2. The van der Waals surface area contributed by atoms with Crippen LogP contribution in [-0.2, 0) is 0 Å². The molecule has 1 aliphatic heterocycles. The third kappa shape index (κ3) is 1.66. The number of hydrogen-bond donors (Lipinski definition) is 0. The highest BCUT2D eigenvalue weighted by Crippen LogP contribution is 2.49. The fourth-order valence-electron chi connectivity index (χ4n) is 2.92. The van der Waals surface area contributed by atoms with E-state index in [1.165, 1.54) is 32.1 Å². The lowest BCUT2D eigenvalue weighted by Crippen LogP contribution is -2.47. The van der Waals surface area contributed by atoms with Gasteiger partial charge in [0.15, 0.2) is 0 Å². The average Bonchev–Trinajstić information content (AvgIpc) is 2.18. The summed E-state index contributed by atoms with van der Waals surface area (Å²) in [6.45, 7) is 4.43. The highest BCUT2D eigenvalue weighted by Gasteiger charge is 2.40. The van der Waals surface area contributed by atoms with E-state index in [4.69, 9.17) is 5.26 Å². The van der Waals surface area contributed by atoms with Crippen molar-refractivity contribution in [3.8, 4) is 6.07 Å². The molecule has 2 heteroatoms. The van der Waals surface area contributed by atoms with Crippen molar-refractivity contribution in [1.29, 1.82) is 5.26 Å². The molecule has 1 saturated carbocycles. The first-order valence-electron chi connectivity index (χ1n) is 5.93. The van der Waals surface area contributed by atoms with E-state index >= 15 is 0 Å². The standard InChI is InChI=1S/C12H20N2/c1-2-11(10-13)14-8-6-12(7-9-14)4-3-5-12/h11H,2-9H2,1H3. The number of hydrogen-bond acceptors (Lipinski definition) is 2. The minimum absolute atomic E-state index is 0.174. The Morgan fingerprint density at radius 2 is 1.93 bits per heavy atom. The molecule has 2 rings (SSSR count). The predicted molar refractivity (Wildman–Crippen MR) is 56.8 cm³/mol. The molecule has 2 fully saturated rings. The third-order valence-corrected chi connectivity index (χ3v) is 4.25. The van der Waals surface area contributed by atoms with Crippen molar-refractivity contribution >= 4 is 0 Å². The molecule has 1 atom stereocenters. The van der Waals surface area contributed by atoms with E-state index < -0.39 is 0 Å². The molecule has 1 heterocycles. The maximum Gasteiger partial charge on any atom is 0.0975 e. The van der Waals surface area contributed by atoms with E-state index in [0.717, 1.165) is 19.5 Å². The van der Waals surface area contributed by atoms with Gasteiger partial charge >= 0.3 is 0 Å². The summed E-state index contributed by atoms with van der Waals surface area (Å²) in [7, 11) is 0. The maximum atomic E-state index is 8.99. The predicted octanol–water partition coefficient (Wildman–Crippen LogP) is 2.55. The second kappa shape index (κ2) is 3.90. The van der Waals surface area contributed by atoms with Crippen LogP contribution in [0, 0.1) is 16.7 Å². The Labute approximate surface area is 86.9 Å². The number of likely N-dealkylation sites (tertiary alicyclic amines) is 1. The van der Waals surface area contributed by atoms with Crippen LogP contribution in [-0.4, -0.2) is 24.0 Å². The van der Waals surface area contributed by atoms with Crippen LogP contribution >= 0.6 is 0 Å². The Bertz CT molecular complexity index is 227. The van der Waals surface area contributed by atoms with E-state index in [9.17, 15) is 0 Å². The number of nitriles is 1. The largest absolute Gasteiger partial charge is 0.288 e. The van der Waals surface area contributed by atoms with Gasteiger partial charge in [-0.05, 0) is 50.6 Å². The summed E-state index contributed by atoms with van der Waals surface area (Å²) in [6.07, 6.45) is 7.99. The zero-order valence-electron chi connectivity index (χ0n) is 9.13. The molecule has 0 aromatic rings. The van der Waals surface area contributed by atoms with Crippen molar-refractivity contribution in [3.63, 3.8) is 0 Å². The molecule has 1 aliphatic carbocycles. The Balaban J connectivity index is 1.86. The van der Waals surface area contributed by atoms with Crippen molar-refractivity contribution in [3.05, 3.63) is 0 Å². The zero-order chi connectivity index (χ0) is 10.0. The van der Waals surface area contributed by atoms with Crippen molar-refractivity contribution in [2.75, 3.05) is 13.1 Å². The second-order valence-electron chi connectivity index (χ2n) is 4.94. The smallest absolute Gasteiger partial charge is 0.0975 e. The molecule has 1 spiro atoms. The van der Waals surface area contributed by atoms with E-state index in [-0.39, 0.29) is 6.04 Å². The molecular weight excluding hydrogens is 172 g/mol. The van der Waals surface area contributed by atoms with Gasteiger partial charge in [0.05, 0.1) is 12.1 Å². The van der Waals surface area contributed by atoms with Gasteiger partial charge in [-0.15, -0.1) is 0 Å². The van der Waals surface area contributed by atoms with Gasteiger partial charge in [0.25, 0.3) is 0 Å². The van der Waals surface area contributed by atoms with Gasteiger partial charge in [0, 0.05) is 0 Å². The molecule has 1 unspecified atom stereocenters. The lowest BCUT2D eigenvalue weighted by Gasteiger charge is -2.48. The van der Waals surface area contributed by atoms with E-state index in [1.54, 1.807) is 0 Å². The summed E-state index contributed by atoms with van der Waals surface area (Å²) in [5, 5.41) is 8.99. The van der Waals surface area contributed by atoms with Crippen LogP contribution in [0.5, 0.6) is 0 Å². The molecule has 0 amide bonds. The summed E-state index contributed by atoms with van der Waals surface area (Å²) < 4.78 is 0. The van der Waals surface area contributed by atoms with E-state index in [0.29, 0.717) is 5.41 Å². The van der Waals surface area contributed by atoms with Crippen molar-refractivity contribution in [2.24, 2.45) is 5.41 Å². The van der Waals surface area contributed by atoms with Gasteiger partial charge in [-0.25, -0.2) is 0 Å². The van der Waals surface area contributed by atoms with Gasteiger partial charge in [-0.3, -0.25) is 4.90 Å². The summed E-state index contributed by atoms with van der Waals surface area (Å²) in [4.78, 5) is 2.38. The SMILES string of the molecule is CCC(C#N)N1CCC2(CCC2)CC1. The minimum Gasteiger partial charge on any atom is -0.288 e. The molecule has 0 radical (unpaired) electrons. The Morgan fingerprint density at radius 3 is 2.29 bits per heavy atom. The molecule has 78 valence electrons. The molecule has 1 saturated heterocycles. The Kier molecular flexibility index (Phi) is 2.78. The molecule has 0 bridgehead atoms. The Morgan fingerprint density at radius 1 is 1.29 bits per heavy atom. The zero-order valence-corrected chi connectivity index (χ0v) is 9.13. The fraction of sp³-hybridized carbons (Fsp3) is 0.917. The highest BCUT2D eigenvalue weighted by molar-refractivity contribution is 4.97.